The maximum absolute atomic E-state index is 11.0. The van der Waals surface area contributed by atoms with Crippen molar-refractivity contribution in [2.75, 3.05) is 13.2 Å². The first-order valence-electron chi connectivity index (χ1n) is 4.69. The second-order valence-electron chi connectivity index (χ2n) is 2.99. The zero-order chi connectivity index (χ0) is 11.0. The van der Waals surface area contributed by atoms with Crippen molar-refractivity contribution in [2.24, 2.45) is 0 Å². The third kappa shape index (κ3) is 6.42. The van der Waals surface area contributed by atoms with Crippen LogP contribution in [0.2, 0.25) is 0 Å². The zero-order valence-corrected chi connectivity index (χ0v) is 8.58. The van der Waals surface area contributed by atoms with E-state index in [-0.39, 0.29) is 12.5 Å². The number of ether oxygens (including phenoxy) is 1. The predicted molar refractivity (Wildman–Crippen MR) is 51.0 cm³/mol. The van der Waals surface area contributed by atoms with Crippen molar-refractivity contribution in [2.45, 2.75) is 32.8 Å². The average molecular weight is 203 g/mol. The molecule has 0 bridgehead atoms. The third-order valence-corrected chi connectivity index (χ3v) is 1.66. The van der Waals surface area contributed by atoms with E-state index in [9.17, 15) is 9.59 Å². The Morgan fingerprint density at radius 3 is 2.64 bits per heavy atom. The maximum atomic E-state index is 11.0. The molecule has 0 spiro atoms. The average Bonchev–Trinajstić information content (AvgIpc) is 2.14. The fourth-order valence-electron chi connectivity index (χ4n) is 0.728. The summed E-state index contributed by atoms with van der Waals surface area (Å²) in [5.41, 5.74) is 0. The number of unbranched alkanes of at least 4 members (excludes halogenated alkanes) is 1. The molecule has 0 aromatic heterocycles. The van der Waals surface area contributed by atoms with Crippen LogP contribution in [-0.2, 0) is 14.3 Å². The van der Waals surface area contributed by atoms with Crippen LogP contribution in [0.5, 0.6) is 0 Å². The first kappa shape index (κ1) is 12.9. The van der Waals surface area contributed by atoms with E-state index in [1.807, 2.05) is 6.92 Å². The summed E-state index contributed by atoms with van der Waals surface area (Å²) < 4.78 is 4.78. The number of nitrogens with one attached hydrogen (secondary N) is 1. The lowest BCUT2D eigenvalue weighted by Gasteiger charge is -2.08. The van der Waals surface area contributed by atoms with Gasteiger partial charge in [-0.05, 0) is 13.3 Å². The molecule has 0 saturated carbocycles. The van der Waals surface area contributed by atoms with Gasteiger partial charge in [-0.25, -0.2) is 4.79 Å². The van der Waals surface area contributed by atoms with Crippen LogP contribution in [0.3, 0.4) is 0 Å². The van der Waals surface area contributed by atoms with Crippen molar-refractivity contribution >= 4 is 11.9 Å². The molecule has 82 valence electrons. The summed E-state index contributed by atoms with van der Waals surface area (Å²) in [5.74, 6) is -1.34. The number of amides is 1. The number of carboxylic acid groups (broad SMARTS) is 1. The Labute approximate surface area is 83.4 Å². The molecule has 5 heteroatoms. The minimum Gasteiger partial charge on any atom is -0.479 e. The Kier molecular flexibility index (Phi) is 6.74. The lowest BCUT2D eigenvalue weighted by molar-refractivity contribution is -0.150. The summed E-state index contributed by atoms with van der Waals surface area (Å²) in [5, 5.41) is 11.1. The molecule has 14 heavy (non-hydrogen) atoms. The third-order valence-electron chi connectivity index (χ3n) is 1.66. The molecule has 0 saturated heterocycles. The SMILES string of the molecule is CCCCNC(=O)CO[C@@H](C)C(=O)O. The molecule has 0 radical (unpaired) electrons. The Morgan fingerprint density at radius 2 is 2.14 bits per heavy atom. The molecule has 5 nitrogen and oxygen atoms in total. The maximum Gasteiger partial charge on any atom is 0.332 e. The first-order valence-corrected chi connectivity index (χ1v) is 4.69. The Balaban J connectivity index is 3.48. The molecule has 0 aromatic rings. The van der Waals surface area contributed by atoms with Gasteiger partial charge in [0.15, 0.2) is 6.10 Å². The molecule has 0 unspecified atom stereocenters. The van der Waals surface area contributed by atoms with Crippen molar-refractivity contribution in [3.05, 3.63) is 0 Å². The standard InChI is InChI=1S/C9H17NO4/c1-3-4-5-10-8(11)6-14-7(2)9(12)13/h7H,3-6H2,1-2H3,(H,10,11)(H,12,13)/t7-/m0/s1. The van der Waals surface area contributed by atoms with Crippen LogP contribution in [0.1, 0.15) is 26.7 Å². The first-order chi connectivity index (χ1) is 6.57. The van der Waals surface area contributed by atoms with Crippen LogP contribution in [0.4, 0.5) is 0 Å². The van der Waals surface area contributed by atoms with Crippen molar-refractivity contribution in [1.82, 2.24) is 5.32 Å². The van der Waals surface area contributed by atoms with Gasteiger partial charge in [-0.1, -0.05) is 13.3 Å². The molecule has 0 aliphatic heterocycles. The van der Waals surface area contributed by atoms with E-state index in [1.54, 1.807) is 0 Å². The van der Waals surface area contributed by atoms with Crippen LogP contribution in [0.25, 0.3) is 0 Å². The number of rotatable bonds is 7. The smallest absolute Gasteiger partial charge is 0.332 e. The number of carbonyl (C=O) groups excluding carboxylic acids is 1. The molecular weight excluding hydrogens is 186 g/mol. The lowest BCUT2D eigenvalue weighted by atomic mass is 10.3. The number of carboxylic acids is 1. The van der Waals surface area contributed by atoms with E-state index in [0.29, 0.717) is 6.54 Å². The Morgan fingerprint density at radius 1 is 1.50 bits per heavy atom. The number of hydrogen-bond donors (Lipinski definition) is 2. The summed E-state index contributed by atoms with van der Waals surface area (Å²) in [4.78, 5) is 21.3. The highest BCUT2D eigenvalue weighted by Gasteiger charge is 2.12. The van der Waals surface area contributed by atoms with Crippen molar-refractivity contribution in [1.29, 1.82) is 0 Å². The summed E-state index contributed by atoms with van der Waals surface area (Å²) >= 11 is 0. The van der Waals surface area contributed by atoms with Gasteiger partial charge < -0.3 is 15.2 Å². The van der Waals surface area contributed by atoms with E-state index in [1.165, 1.54) is 6.92 Å². The van der Waals surface area contributed by atoms with Gasteiger partial charge in [-0.15, -0.1) is 0 Å². The van der Waals surface area contributed by atoms with Crippen molar-refractivity contribution < 1.29 is 19.4 Å². The topological polar surface area (TPSA) is 75.6 Å². The molecular formula is C9H17NO4. The quantitative estimate of drug-likeness (QED) is 0.587. The fourth-order valence-corrected chi connectivity index (χ4v) is 0.728. The van der Waals surface area contributed by atoms with Crippen LogP contribution < -0.4 is 5.32 Å². The molecule has 1 amide bonds. The largest absolute Gasteiger partial charge is 0.479 e. The number of carbonyl (C=O) groups is 2. The lowest BCUT2D eigenvalue weighted by Crippen LogP contribution is -2.31. The summed E-state index contributed by atoms with van der Waals surface area (Å²) in [6.07, 6.45) is 0.985. The van der Waals surface area contributed by atoms with Gasteiger partial charge >= 0.3 is 5.97 Å². The molecule has 1 atom stereocenters. The van der Waals surface area contributed by atoms with Crippen LogP contribution in [0.15, 0.2) is 0 Å². The molecule has 0 rings (SSSR count). The highest BCUT2D eigenvalue weighted by Crippen LogP contribution is 1.90. The van der Waals surface area contributed by atoms with Crippen molar-refractivity contribution in [3.8, 4) is 0 Å². The minimum atomic E-state index is -1.06. The molecule has 0 heterocycles. The van der Waals surface area contributed by atoms with Crippen LogP contribution in [0, 0.1) is 0 Å². The zero-order valence-electron chi connectivity index (χ0n) is 8.58. The fraction of sp³-hybridized carbons (Fsp3) is 0.778. The summed E-state index contributed by atoms with van der Waals surface area (Å²) in [7, 11) is 0. The second kappa shape index (κ2) is 7.32. The molecule has 0 fully saturated rings. The van der Waals surface area contributed by atoms with E-state index >= 15 is 0 Å². The predicted octanol–water partition coefficient (Wildman–Crippen LogP) is 0.392. The molecule has 0 aromatic carbocycles. The van der Waals surface area contributed by atoms with Crippen LogP contribution >= 0.6 is 0 Å². The van der Waals surface area contributed by atoms with Gasteiger partial charge in [0.25, 0.3) is 0 Å². The Bertz CT molecular complexity index is 193. The van der Waals surface area contributed by atoms with E-state index in [0.717, 1.165) is 12.8 Å². The highest BCUT2D eigenvalue weighted by molar-refractivity contribution is 5.78. The normalized spacial score (nSPS) is 12.1. The highest BCUT2D eigenvalue weighted by atomic mass is 16.5. The van der Waals surface area contributed by atoms with Gasteiger partial charge in [0.1, 0.15) is 6.61 Å². The Hall–Kier alpha value is -1.10. The molecule has 0 aliphatic carbocycles. The minimum absolute atomic E-state index is 0.197. The summed E-state index contributed by atoms with van der Waals surface area (Å²) in [6.45, 7) is 3.83. The van der Waals surface area contributed by atoms with Gasteiger partial charge in [-0.2, -0.15) is 0 Å². The van der Waals surface area contributed by atoms with E-state index < -0.39 is 12.1 Å². The van der Waals surface area contributed by atoms with E-state index in [2.05, 4.69) is 5.32 Å². The second-order valence-corrected chi connectivity index (χ2v) is 2.99. The van der Waals surface area contributed by atoms with Gasteiger partial charge in [0, 0.05) is 6.54 Å². The van der Waals surface area contributed by atoms with Crippen molar-refractivity contribution in [3.63, 3.8) is 0 Å². The molecule has 2 N–H and O–H groups in total. The van der Waals surface area contributed by atoms with Crippen LogP contribution in [-0.4, -0.2) is 36.2 Å². The monoisotopic (exact) mass is 203 g/mol. The van der Waals surface area contributed by atoms with Gasteiger partial charge in [0.2, 0.25) is 5.91 Å². The number of hydrogen-bond acceptors (Lipinski definition) is 3. The molecule has 0 aliphatic rings. The van der Waals surface area contributed by atoms with E-state index in [4.69, 9.17) is 9.84 Å². The summed E-state index contributed by atoms with van der Waals surface area (Å²) in [6, 6.07) is 0. The number of aliphatic carboxylic acids is 1. The van der Waals surface area contributed by atoms with Gasteiger partial charge in [0.05, 0.1) is 0 Å². The van der Waals surface area contributed by atoms with Gasteiger partial charge in [-0.3, -0.25) is 4.79 Å².